The van der Waals surface area contributed by atoms with Gasteiger partial charge in [0, 0.05) is 60.5 Å². The first-order valence-corrected chi connectivity index (χ1v) is 13.3. The Morgan fingerprint density at radius 2 is 1.68 bits per heavy atom. The maximum Gasteiger partial charge on any atom is 0.181 e. The van der Waals surface area contributed by atoms with Gasteiger partial charge in [-0.25, -0.2) is 4.98 Å². The smallest absolute Gasteiger partial charge is 0.181 e. The third-order valence-electron chi connectivity index (χ3n) is 7.68. The van der Waals surface area contributed by atoms with E-state index in [0.717, 1.165) is 97.0 Å². The highest BCUT2D eigenvalue weighted by Gasteiger charge is 2.20. The minimum atomic E-state index is 0.224. The standard InChI is InChI=1S/C28H31N9O/c1-36-6-8-37(9-7-36)26-17-31-16-25-22(26)12-24(33-25)27-23-11-19(14-32-28(23)35-34-27)18-10-21(15-30-13-18)38-20-2-4-29-5-3-20/h10-17,20,29,33H,2-9H2,1H3,(H,32,34,35). The molecular weight excluding hydrogens is 478 g/mol. The number of anilines is 1. The van der Waals surface area contributed by atoms with Gasteiger partial charge in [0.25, 0.3) is 0 Å². The van der Waals surface area contributed by atoms with E-state index in [1.807, 2.05) is 24.8 Å². The number of hydrogen-bond acceptors (Lipinski definition) is 8. The van der Waals surface area contributed by atoms with E-state index >= 15 is 0 Å². The Hall–Kier alpha value is -4.02. The molecule has 38 heavy (non-hydrogen) atoms. The van der Waals surface area contributed by atoms with Gasteiger partial charge in [-0.05, 0) is 51.2 Å². The third-order valence-corrected chi connectivity index (χ3v) is 7.68. The van der Waals surface area contributed by atoms with Gasteiger partial charge in [0.1, 0.15) is 11.9 Å². The van der Waals surface area contributed by atoms with Crippen molar-refractivity contribution in [3.63, 3.8) is 0 Å². The first-order chi connectivity index (χ1) is 18.7. The highest BCUT2D eigenvalue weighted by molar-refractivity contribution is 5.99. The Balaban J connectivity index is 1.22. The number of fused-ring (bicyclic) bond motifs is 2. The van der Waals surface area contributed by atoms with E-state index in [1.54, 1.807) is 6.20 Å². The lowest BCUT2D eigenvalue weighted by Gasteiger charge is -2.34. The number of hydrogen-bond donors (Lipinski definition) is 3. The number of H-pyrrole nitrogens is 2. The summed E-state index contributed by atoms with van der Waals surface area (Å²) >= 11 is 0. The van der Waals surface area contributed by atoms with Gasteiger partial charge in [0.05, 0.1) is 41.2 Å². The second-order valence-corrected chi connectivity index (χ2v) is 10.3. The molecule has 0 atom stereocenters. The molecular formula is C28H31N9O. The van der Waals surface area contributed by atoms with Crippen molar-refractivity contribution in [2.24, 2.45) is 0 Å². The van der Waals surface area contributed by atoms with E-state index in [1.165, 1.54) is 5.39 Å². The maximum absolute atomic E-state index is 6.22. The van der Waals surface area contributed by atoms with Gasteiger partial charge in [-0.1, -0.05) is 0 Å². The van der Waals surface area contributed by atoms with E-state index in [-0.39, 0.29) is 6.10 Å². The molecule has 7 rings (SSSR count). The summed E-state index contributed by atoms with van der Waals surface area (Å²) in [5.41, 5.74) is 6.66. The topological polar surface area (TPSA) is 111 Å². The number of piperidine rings is 1. The van der Waals surface area contributed by atoms with Crippen LogP contribution in [0.1, 0.15) is 12.8 Å². The normalized spacial score (nSPS) is 17.4. The first-order valence-electron chi connectivity index (χ1n) is 13.3. The lowest BCUT2D eigenvalue weighted by molar-refractivity contribution is 0.162. The molecule has 10 heteroatoms. The van der Waals surface area contributed by atoms with Crippen LogP contribution in [0, 0.1) is 0 Å². The van der Waals surface area contributed by atoms with Crippen molar-refractivity contribution in [2.45, 2.75) is 18.9 Å². The lowest BCUT2D eigenvalue weighted by atomic mass is 10.1. The monoisotopic (exact) mass is 509 g/mol. The van der Waals surface area contributed by atoms with Gasteiger partial charge >= 0.3 is 0 Å². The van der Waals surface area contributed by atoms with Crippen molar-refractivity contribution in [1.29, 1.82) is 0 Å². The van der Waals surface area contributed by atoms with E-state index in [2.05, 4.69) is 70.5 Å². The summed E-state index contributed by atoms with van der Waals surface area (Å²) in [7, 11) is 2.17. The van der Waals surface area contributed by atoms with Crippen LogP contribution in [-0.4, -0.2) is 87.5 Å². The molecule has 0 aromatic carbocycles. The lowest BCUT2D eigenvalue weighted by Crippen LogP contribution is -2.44. The fraction of sp³-hybridized carbons (Fsp3) is 0.357. The predicted octanol–water partition coefficient (Wildman–Crippen LogP) is 3.45. The number of ether oxygens (including phenoxy) is 1. The fourth-order valence-electron chi connectivity index (χ4n) is 5.48. The molecule has 3 N–H and O–H groups in total. The molecule has 194 valence electrons. The molecule has 2 fully saturated rings. The average Bonchev–Trinajstić information content (AvgIpc) is 3.58. The molecule has 0 unspecified atom stereocenters. The number of likely N-dealkylation sites (N-methyl/N-ethyl adjacent to an activating group) is 1. The molecule has 5 aromatic heterocycles. The number of nitrogens with zero attached hydrogens (tertiary/aromatic N) is 6. The van der Waals surface area contributed by atoms with Gasteiger partial charge < -0.3 is 24.8 Å². The largest absolute Gasteiger partial charge is 0.489 e. The van der Waals surface area contributed by atoms with E-state index in [9.17, 15) is 0 Å². The Kier molecular flexibility index (Phi) is 5.90. The number of aromatic nitrogens is 6. The van der Waals surface area contributed by atoms with Crippen molar-refractivity contribution in [2.75, 3.05) is 51.2 Å². The van der Waals surface area contributed by atoms with Crippen molar-refractivity contribution in [3.8, 4) is 28.3 Å². The molecule has 0 bridgehead atoms. The van der Waals surface area contributed by atoms with Crippen molar-refractivity contribution in [3.05, 3.63) is 49.2 Å². The number of piperazine rings is 1. The summed E-state index contributed by atoms with van der Waals surface area (Å²) in [5, 5.41) is 13.2. The Labute approximate surface area is 220 Å². The highest BCUT2D eigenvalue weighted by Crippen LogP contribution is 2.34. The molecule has 0 aliphatic carbocycles. The van der Waals surface area contributed by atoms with E-state index < -0.39 is 0 Å². The van der Waals surface area contributed by atoms with Gasteiger partial charge in [-0.15, -0.1) is 0 Å². The Bertz CT molecular complexity index is 1580. The van der Waals surface area contributed by atoms with E-state index in [0.29, 0.717) is 5.65 Å². The van der Waals surface area contributed by atoms with Crippen LogP contribution in [0.4, 0.5) is 5.69 Å². The number of rotatable bonds is 5. The summed E-state index contributed by atoms with van der Waals surface area (Å²) in [6.07, 6.45) is 11.6. The maximum atomic E-state index is 6.22. The fourth-order valence-corrected chi connectivity index (χ4v) is 5.48. The molecule has 7 heterocycles. The van der Waals surface area contributed by atoms with Crippen LogP contribution in [0.25, 0.3) is 44.5 Å². The molecule has 0 spiro atoms. The minimum Gasteiger partial charge on any atom is -0.489 e. The second-order valence-electron chi connectivity index (χ2n) is 10.3. The summed E-state index contributed by atoms with van der Waals surface area (Å²) in [6.45, 7) is 6.06. The molecule has 10 nitrogen and oxygen atoms in total. The van der Waals surface area contributed by atoms with Crippen LogP contribution in [0.5, 0.6) is 5.75 Å². The van der Waals surface area contributed by atoms with Crippen molar-refractivity contribution >= 4 is 27.6 Å². The summed E-state index contributed by atoms with van der Waals surface area (Å²) in [6, 6.07) is 6.37. The van der Waals surface area contributed by atoms with Crippen LogP contribution in [0.3, 0.4) is 0 Å². The summed E-state index contributed by atoms with van der Waals surface area (Å²) in [4.78, 5) is 21.9. The van der Waals surface area contributed by atoms with Crippen LogP contribution in [0.2, 0.25) is 0 Å². The number of aromatic amines is 2. The third kappa shape index (κ3) is 4.35. The zero-order valence-electron chi connectivity index (χ0n) is 21.4. The van der Waals surface area contributed by atoms with Gasteiger partial charge in [-0.2, -0.15) is 5.10 Å². The van der Waals surface area contributed by atoms with Crippen LogP contribution in [-0.2, 0) is 0 Å². The van der Waals surface area contributed by atoms with Gasteiger partial charge in [0.15, 0.2) is 5.65 Å². The predicted molar refractivity (Wildman–Crippen MR) is 148 cm³/mol. The first kappa shape index (κ1) is 23.1. The quantitative estimate of drug-likeness (QED) is 0.330. The minimum absolute atomic E-state index is 0.224. The molecule has 2 aliphatic heterocycles. The van der Waals surface area contributed by atoms with E-state index in [4.69, 9.17) is 4.74 Å². The number of nitrogens with one attached hydrogen (secondary N) is 3. The number of pyridine rings is 3. The van der Waals surface area contributed by atoms with Gasteiger partial charge in [-0.3, -0.25) is 15.1 Å². The molecule has 5 aromatic rings. The zero-order valence-corrected chi connectivity index (χ0v) is 21.4. The molecule has 0 radical (unpaired) electrons. The highest BCUT2D eigenvalue weighted by atomic mass is 16.5. The van der Waals surface area contributed by atoms with Crippen LogP contribution < -0.4 is 15.0 Å². The Morgan fingerprint density at radius 3 is 2.55 bits per heavy atom. The summed E-state index contributed by atoms with van der Waals surface area (Å²) < 4.78 is 6.22. The molecule has 2 aliphatic rings. The SMILES string of the molecule is CN1CCN(c2cncc3[nH]c(-c4[nH]nc5ncc(-c6cncc(OC7CCNCC7)c6)cc45)cc23)CC1. The molecule has 0 saturated carbocycles. The van der Waals surface area contributed by atoms with Crippen molar-refractivity contribution < 1.29 is 4.74 Å². The molecule has 2 saturated heterocycles. The second kappa shape index (κ2) is 9.70. The zero-order chi connectivity index (χ0) is 25.5. The Morgan fingerprint density at radius 1 is 0.868 bits per heavy atom. The van der Waals surface area contributed by atoms with Gasteiger partial charge in [0.2, 0.25) is 0 Å². The summed E-state index contributed by atoms with van der Waals surface area (Å²) in [5.74, 6) is 0.793. The molecule has 0 amide bonds. The average molecular weight is 510 g/mol. The van der Waals surface area contributed by atoms with Crippen LogP contribution >= 0.6 is 0 Å². The van der Waals surface area contributed by atoms with Crippen LogP contribution in [0.15, 0.2) is 49.2 Å². The van der Waals surface area contributed by atoms with Crippen molar-refractivity contribution in [1.82, 2.24) is 40.3 Å².